The van der Waals surface area contributed by atoms with E-state index in [2.05, 4.69) is 0 Å². The Morgan fingerprint density at radius 1 is 1.73 bits per heavy atom. The van der Waals surface area contributed by atoms with Crippen molar-refractivity contribution >= 4 is 18.1 Å². The molecule has 1 heterocycles. The van der Waals surface area contributed by atoms with Crippen molar-refractivity contribution in [3.63, 3.8) is 0 Å². The molecule has 0 atom stereocenters. The minimum atomic E-state index is -0.480. The number of hydrogen-bond acceptors (Lipinski definition) is 2. The number of pyridine rings is 1. The number of aryl methyl sites for hydroxylation is 1. The van der Waals surface area contributed by atoms with Crippen molar-refractivity contribution in [3.05, 3.63) is 28.5 Å². The first-order chi connectivity index (χ1) is 5.13. The maximum Gasteiger partial charge on any atom is 0.251 e. The Balaban J connectivity index is 3.40. The lowest BCUT2D eigenvalue weighted by Crippen LogP contribution is -2.13. The Bertz CT molecular complexity index is 343. The van der Waals surface area contributed by atoms with Crippen LogP contribution in [0.25, 0.3) is 0 Å². The van der Waals surface area contributed by atoms with Gasteiger partial charge in [0.25, 0.3) is 5.91 Å². The van der Waals surface area contributed by atoms with Crippen LogP contribution >= 0.6 is 12.2 Å². The van der Waals surface area contributed by atoms with Gasteiger partial charge < -0.3 is 10.3 Å². The van der Waals surface area contributed by atoms with Crippen LogP contribution in [0, 0.1) is 4.64 Å². The molecule has 2 N–H and O–H groups in total. The molecule has 0 aliphatic heterocycles. The quantitative estimate of drug-likeness (QED) is 0.632. The topological polar surface area (TPSA) is 48.0 Å². The zero-order valence-corrected chi connectivity index (χ0v) is 6.89. The number of hydrogen-bond donors (Lipinski definition) is 1. The summed E-state index contributed by atoms with van der Waals surface area (Å²) in [6.07, 6.45) is 1.77. The molecule has 0 saturated carbocycles. The standard InChI is InChI=1S/C7H8N2OS/c1-9-4-2-3-5(6(8)10)7(9)11/h2-4H,1H3,(H2,8,10). The highest BCUT2D eigenvalue weighted by Crippen LogP contribution is 1.99. The summed E-state index contributed by atoms with van der Waals surface area (Å²) in [5, 5.41) is 0. The molecule has 1 aromatic heterocycles. The minimum absolute atomic E-state index is 0.394. The molecule has 1 aromatic rings. The number of amides is 1. The first-order valence-corrected chi connectivity index (χ1v) is 3.49. The zero-order valence-electron chi connectivity index (χ0n) is 6.07. The largest absolute Gasteiger partial charge is 0.366 e. The molecular weight excluding hydrogens is 160 g/mol. The van der Waals surface area contributed by atoms with Crippen LogP contribution in [0.15, 0.2) is 18.3 Å². The third kappa shape index (κ3) is 1.46. The van der Waals surface area contributed by atoms with E-state index in [1.54, 1.807) is 29.9 Å². The van der Waals surface area contributed by atoms with Crippen LogP contribution in [0.5, 0.6) is 0 Å². The average molecular weight is 168 g/mol. The van der Waals surface area contributed by atoms with Crippen molar-refractivity contribution in [3.8, 4) is 0 Å². The van der Waals surface area contributed by atoms with E-state index in [0.29, 0.717) is 10.2 Å². The van der Waals surface area contributed by atoms with Crippen LogP contribution in [0.2, 0.25) is 0 Å². The Labute approximate surface area is 69.5 Å². The number of rotatable bonds is 1. The van der Waals surface area contributed by atoms with E-state index in [1.807, 2.05) is 0 Å². The molecule has 0 spiro atoms. The van der Waals surface area contributed by atoms with Gasteiger partial charge in [-0.3, -0.25) is 4.79 Å². The molecule has 0 bridgehead atoms. The smallest absolute Gasteiger partial charge is 0.251 e. The summed E-state index contributed by atoms with van der Waals surface area (Å²) in [4.78, 5) is 10.7. The van der Waals surface area contributed by atoms with E-state index in [0.717, 1.165) is 0 Å². The fourth-order valence-electron chi connectivity index (χ4n) is 0.785. The van der Waals surface area contributed by atoms with Crippen molar-refractivity contribution in [2.45, 2.75) is 0 Å². The Hall–Kier alpha value is -1.16. The van der Waals surface area contributed by atoms with E-state index in [4.69, 9.17) is 18.0 Å². The molecule has 1 rings (SSSR count). The van der Waals surface area contributed by atoms with Crippen molar-refractivity contribution in [1.82, 2.24) is 4.57 Å². The summed E-state index contributed by atoms with van der Waals surface area (Å²) in [6.45, 7) is 0. The van der Waals surface area contributed by atoms with Crippen LogP contribution < -0.4 is 5.73 Å². The molecule has 0 saturated heterocycles. The van der Waals surface area contributed by atoms with E-state index in [-0.39, 0.29) is 0 Å². The maximum absolute atomic E-state index is 10.7. The number of carbonyl (C=O) groups is 1. The summed E-state index contributed by atoms with van der Waals surface area (Å²) < 4.78 is 2.15. The maximum atomic E-state index is 10.7. The fourth-order valence-corrected chi connectivity index (χ4v) is 1.01. The molecule has 0 aromatic carbocycles. The monoisotopic (exact) mass is 168 g/mol. The Morgan fingerprint density at radius 2 is 2.36 bits per heavy atom. The van der Waals surface area contributed by atoms with E-state index in [1.165, 1.54) is 0 Å². The second-order valence-electron chi connectivity index (χ2n) is 2.20. The molecule has 0 radical (unpaired) electrons. The summed E-state index contributed by atoms with van der Waals surface area (Å²) in [7, 11) is 1.77. The van der Waals surface area contributed by atoms with Gasteiger partial charge in [0.2, 0.25) is 0 Å². The minimum Gasteiger partial charge on any atom is -0.366 e. The van der Waals surface area contributed by atoms with Crippen LogP contribution in [-0.4, -0.2) is 10.5 Å². The van der Waals surface area contributed by atoms with Crippen molar-refractivity contribution < 1.29 is 4.79 Å². The van der Waals surface area contributed by atoms with Gasteiger partial charge in [0, 0.05) is 13.2 Å². The summed E-state index contributed by atoms with van der Waals surface area (Å²) in [5.41, 5.74) is 5.46. The van der Waals surface area contributed by atoms with Gasteiger partial charge >= 0.3 is 0 Å². The van der Waals surface area contributed by atoms with Gasteiger partial charge in [-0.2, -0.15) is 0 Å². The second-order valence-corrected chi connectivity index (χ2v) is 2.59. The Morgan fingerprint density at radius 3 is 2.82 bits per heavy atom. The second kappa shape index (κ2) is 2.84. The van der Waals surface area contributed by atoms with Gasteiger partial charge in [-0.1, -0.05) is 12.2 Å². The first-order valence-electron chi connectivity index (χ1n) is 3.08. The molecule has 11 heavy (non-hydrogen) atoms. The molecule has 0 aliphatic rings. The van der Waals surface area contributed by atoms with E-state index in [9.17, 15) is 4.79 Å². The number of carbonyl (C=O) groups excluding carboxylic acids is 1. The van der Waals surface area contributed by atoms with Crippen LogP contribution in [0.1, 0.15) is 10.4 Å². The van der Waals surface area contributed by atoms with E-state index >= 15 is 0 Å². The van der Waals surface area contributed by atoms with Crippen LogP contribution in [0.3, 0.4) is 0 Å². The highest BCUT2D eigenvalue weighted by molar-refractivity contribution is 7.71. The third-order valence-corrected chi connectivity index (χ3v) is 1.90. The van der Waals surface area contributed by atoms with E-state index < -0.39 is 5.91 Å². The molecule has 58 valence electrons. The lowest BCUT2D eigenvalue weighted by molar-refractivity contribution is 0.0999. The number of aromatic nitrogens is 1. The SMILES string of the molecule is Cn1cccc(C(N)=O)c1=S. The summed E-state index contributed by atoms with van der Waals surface area (Å²) in [6, 6.07) is 3.35. The lowest BCUT2D eigenvalue weighted by Gasteiger charge is -1.99. The molecule has 4 heteroatoms. The normalized spacial score (nSPS) is 9.55. The molecule has 0 aliphatic carbocycles. The summed E-state index contributed by atoms with van der Waals surface area (Å²) >= 11 is 4.93. The molecular formula is C7H8N2OS. The van der Waals surface area contributed by atoms with Gasteiger partial charge in [0.05, 0.1) is 5.56 Å². The average Bonchev–Trinajstić information content (AvgIpc) is 1.94. The van der Waals surface area contributed by atoms with Gasteiger partial charge in [-0.05, 0) is 12.1 Å². The zero-order chi connectivity index (χ0) is 8.43. The van der Waals surface area contributed by atoms with Gasteiger partial charge in [0.1, 0.15) is 4.64 Å². The molecule has 1 amide bonds. The highest BCUT2D eigenvalue weighted by Gasteiger charge is 2.01. The highest BCUT2D eigenvalue weighted by atomic mass is 32.1. The van der Waals surface area contributed by atoms with Crippen molar-refractivity contribution in [2.75, 3.05) is 0 Å². The third-order valence-electron chi connectivity index (χ3n) is 1.39. The first kappa shape index (κ1) is 7.94. The predicted octanol–water partition coefficient (Wildman–Crippen LogP) is 0.853. The number of primary amides is 1. The molecule has 0 unspecified atom stereocenters. The van der Waals surface area contributed by atoms with Gasteiger partial charge in [-0.25, -0.2) is 0 Å². The fraction of sp³-hybridized carbons (Fsp3) is 0.143. The Kier molecular flexibility index (Phi) is 2.05. The van der Waals surface area contributed by atoms with Gasteiger partial charge in [0.15, 0.2) is 0 Å². The van der Waals surface area contributed by atoms with Crippen molar-refractivity contribution in [1.29, 1.82) is 0 Å². The molecule has 0 fully saturated rings. The number of nitrogens with zero attached hydrogens (tertiary/aromatic N) is 1. The van der Waals surface area contributed by atoms with Gasteiger partial charge in [-0.15, -0.1) is 0 Å². The summed E-state index contributed by atoms with van der Waals surface area (Å²) in [5.74, 6) is -0.480. The lowest BCUT2D eigenvalue weighted by atomic mass is 10.3. The predicted molar refractivity (Wildman–Crippen MR) is 44.8 cm³/mol. The number of nitrogens with two attached hydrogens (primary N) is 1. The van der Waals surface area contributed by atoms with Crippen LogP contribution in [-0.2, 0) is 7.05 Å². The van der Waals surface area contributed by atoms with Crippen molar-refractivity contribution in [2.24, 2.45) is 12.8 Å². The molecule has 3 nitrogen and oxygen atoms in total. The van der Waals surface area contributed by atoms with Crippen LogP contribution in [0.4, 0.5) is 0 Å².